The highest BCUT2D eigenvalue weighted by Gasteiger charge is 2.44. The molecule has 0 aromatic carbocycles. The molecule has 2 saturated carbocycles. The zero-order chi connectivity index (χ0) is 14.9. The normalized spacial score (nSPS) is 29.8. The van der Waals surface area contributed by atoms with Crippen LogP contribution in [-0.4, -0.2) is 25.9 Å². The van der Waals surface area contributed by atoms with Gasteiger partial charge >= 0.3 is 0 Å². The lowest BCUT2D eigenvalue weighted by Crippen LogP contribution is -2.41. The van der Waals surface area contributed by atoms with E-state index in [0.29, 0.717) is 19.3 Å². The lowest BCUT2D eigenvalue weighted by molar-refractivity contribution is -0.131. The Bertz CT molecular complexity index is 481. The molecule has 3 atom stereocenters. The molecule has 2 rings (SSSR count). The second-order valence-electron chi connectivity index (χ2n) is 6.51. The van der Waals surface area contributed by atoms with E-state index in [1.165, 1.54) is 0 Å². The fourth-order valence-corrected chi connectivity index (χ4v) is 4.52. The van der Waals surface area contributed by atoms with Gasteiger partial charge in [-0.2, -0.15) is 0 Å². The van der Waals surface area contributed by atoms with Crippen molar-refractivity contribution < 1.29 is 18.0 Å². The molecular weight excluding hydrogens is 278 g/mol. The van der Waals surface area contributed by atoms with Crippen molar-refractivity contribution in [2.75, 3.05) is 5.75 Å². The van der Waals surface area contributed by atoms with Gasteiger partial charge in [0.2, 0.25) is 15.9 Å². The quantitative estimate of drug-likeness (QED) is 0.834. The molecule has 20 heavy (non-hydrogen) atoms. The molecule has 0 aromatic rings. The van der Waals surface area contributed by atoms with E-state index in [1.54, 1.807) is 0 Å². The van der Waals surface area contributed by atoms with Crippen LogP contribution in [0.25, 0.3) is 0 Å². The second-order valence-corrected chi connectivity index (χ2v) is 8.35. The Morgan fingerprint density at radius 1 is 1.25 bits per heavy atom. The topological polar surface area (TPSA) is 80.3 Å². The number of ketones is 1. The van der Waals surface area contributed by atoms with Gasteiger partial charge in [-0.05, 0) is 38.0 Å². The summed E-state index contributed by atoms with van der Waals surface area (Å²) < 4.78 is 25.9. The van der Waals surface area contributed by atoms with Crippen LogP contribution in [0.4, 0.5) is 0 Å². The molecule has 0 aliphatic heterocycles. The molecule has 0 spiro atoms. The van der Waals surface area contributed by atoms with E-state index in [-0.39, 0.29) is 35.2 Å². The first-order valence-electron chi connectivity index (χ1n) is 7.36. The Kier molecular flexibility index (Phi) is 4.52. The van der Waals surface area contributed by atoms with Crippen molar-refractivity contribution in [2.24, 2.45) is 23.7 Å². The van der Waals surface area contributed by atoms with Gasteiger partial charge in [-0.1, -0.05) is 13.8 Å². The van der Waals surface area contributed by atoms with Gasteiger partial charge in [0, 0.05) is 17.8 Å². The van der Waals surface area contributed by atoms with Crippen LogP contribution < -0.4 is 4.72 Å². The number of nitrogens with one attached hydrogen (secondary N) is 1. The summed E-state index contributed by atoms with van der Waals surface area (Å²) in [7, 11) is -3.54. The van der Waals surface area contributed by atoms with Crippen LogP contribution in [0.2, 0.25) is 0 Å². The van der Waals surface area contributed by atoms with Crippen LogP contribution in [0.1, 0.15) is 46.0 Å². The zero-order valence-electron chi connectivity index (χ0n) is 12.1. The van der Waals surface area contributed by atoms with Crippen LogP contribution in [0, 0.1) is 23.7 Å². The molecule has 0 heterocycles. The minimum Gasteiger partial charge on any atom is -0.299 e. The highest BCUT2D eigenvalue weighted by atomic mass is 32.2. The van der Waals surface area contributed by atoms with E-state index < -0.39 is 15.9 Å². The summed E-state index contributed by atoms with van der Waals surface area (Å²) in [6.07, 6.45) is 3.28. The summed E-state index contributed by atoms with van der Waals surface area (Å²) >= 11 is 0. The number of rotatable bonds is 5. The first-order chi connectivity index (χ1) is 9.28. The van der Waals surface area contributed by atoms with E-state index in [0.717, 1.165) is 12.8 Å². The third-order valence-corrected chi connectivity index (χ3v) is 5.68. The molecular formula is C14H23NO4S. The fraction of sp³-hybridized carbons (Fsp3) is 0.857. The molecule has 2 fully saturated rings. The average Bonchev–Trinajstić information content (AvgIpc) is 2.59. The number of carbonyl (C=O) groups is 2. The van der Waals surface area contributed by atoms with Crippen LogP contribution in [-0.2, 0) is 19.6 Å². The van der Waals surface area contributed by atoms with Crippen molar-refractivity contribution in [3.63, 3.8) is 0 Å². The summed E-state index contributed by atoms with van der Waals surface area (Å²) in [5.41, 5.74) is 0. The van der Waals surface area contributed by atoms with E-state index >= 15 is 0 Å². The largest absolute Gasteiger partial charge is 0.299 e. The molecule has 0 radical (unpaired) electrons. The van der Waals surface area contributed by atoms with Crippen LogP contribution in [0.5, 0.6) is 0 Å². The molecule has 0 saturated heterocycles. The van der Waals surface area contributed by atoms with Crippen molar-refractivity contribution in [3.8, 4) is 0 Å². The lowest BCUT2D eigenvalue weighted by Gasteiger charge is -2.25. The van der Waals surface area contributed by atoms with Crippen molar-refractivity contribution in [2.45, 2.75) is 46.0 Å². The Morgan fingerprint density at radius 2 is 1.80 bits per heavy atom. The van der Waals surface area contributed by atoms with Crippen LogP contribution in [0.3, 0.4) is 0 Å². The van der Waals surface area contributed by atoms with Gasteiger partial charge in [0.25, 0.3) is 0 Å². The predicted octanol–water partition coefficient (Wildman–Crippen LogP) is 1.48. The molecule has 2 bridgehead atoms. The average molecular weight is 301 g/mol. The van der Waals surface area contributed by atoms with E-state index in [4.69, 9.17) is 0 Å². The maximum atomic E-state index is 12.1. The highest BCUT2D eigenvalue weighted by Crippen LogP contribution is 2.42. The van der Waals surface area contributed by atoms with Gasteiger partial charge in [-0.15, -0.1) is 0 Å². The van der Waals surface area contributed by atoms with E-state index in [1.807, 2.05) is 13.8 Å². The second kappa shape index (κ2) is 5.84. The molecule has 2 aliphatic rings. The number of fused-ring (bicyclic) bond motifs is 2. The minimum atomic E-state index is -3.54. The number of hydrogen-bond acceptors (Lipinski definition) is 4. The molecule has 1 unspecified atom stereocenters. The summed E-state index contributed by atoms with van der Waals surface area (Å²) in [6.45, 7) is 3.89. The number of carbonyl (C=O) groups excluding carboxylic acids is 2. The number of amides is 1. The molecule has 2 aliphatic carbocycles. The third-order valence-electron chi connectivity index (χ3n) is 4.40. The smallest absolute Gasteiger partial charge is 0.236 e. The van der Waals surface area contributed by atoms with Crippen LogP contribution >= 0.6 is 0 Å². The highest BCUT2D eigenvalue weighted by molar-refractivity contribution is 7.90. The summed E-state index contributed by atoms with van der Waals surface area (Å²) in [6, 6.07) is 0. The van der Waals surface area contributed by atoms with Gasteiger partial charge in [0.05, 0.1) is 5.75 Å². The first-order valence-corrected chi connectivity index (χ1v) is 9.02. The Morgan fingerprint density at radius 3 is 2.30 bits per heavy atom. The summed E-state index contributed by atoms with van der Waals surface area (Å²) in [5, 5.41) is 0. The maximum absolute atomic E-state index is 12.1. The minimum absolute atomic E-state index is 0.0189. The van der Waals surface area contributed by atoms with Crippen LogP contribution in [0.15, 0.2) is 0 Å². The zero-order valence-corrected chi connectivity index (χ0v) is 12.9. The SMILES string of the molecule is CC(C)CCS(=O)(=O)NC(=O)C1C[C@H]2CC[C@@H](C1)C2=O. The molecule has 1 amide bonds. The van der Waals surface area contributed by atoms with Gasteiger partial charge in [0.15, 0.2) is 0 Å². The molecule has 5 nitrogen and oxygen atoms in total. The van der Waals surface area contributed by atoms with E-state index in [9.17, 15) is 18.0 Å². The van der Waals surface area contributed by atoms with Crippen molar-refractivity contribution in [1.29, 1.82) is 0 Å². The molecule has 1 N–H and O–H groups in total. The predicted molar refractivity (Wildman–Crippen MR) is 75.3 cm³/mol. The maximum Gasteiger partial charge on any atom is 0.236 e. The lowest BCUT2D eigenvalue weighted by atomic mass is 9.80. The van der Waals surface area contributed by atoms with Gasteiger partial charge in [-0.25, -0.2) is 8.42 Å². The molecule has 114 valence electrons. The monoisotopic (exact) mass is 301 g/mol. The van der Waals surface area contributed by atoms with E-state index in [2.05, 4.69) is 4.72 Å². The fourth-order valence-electron chi connectivity index (χ4n) is 3.16. The van der Waals surface area contributed by atoms with Gasteiger partial charge < -0.3 is 0 Å². The molecule has 6 heteroatoms. The third kappa shape index (κ3) is 3.59. The Balaban J connectivity index is 1.91. The summed E-state index contributed by atoms with van der Waals surface area (Å²) in [4.78, 5) is 23.9. The number of hydrogen-bond donors (Lipinski definition) is 1. The summed E-state index contributed by atoms with van der Waals surface area (Å²) in [5.74, 6) is -0.251. The standard InChI is InChI=1S/C14H23NO4S/c1-9(2)5-6-20(18,19)15-14(17)12-7-10-3-4-11(8-12)13(10)16/h9-12H,3-8H2,1-2H3,(H,15,17)/t10-,11+,12?. The van der Waals surface area contributed by atoms with Gasteiger partial charge in [-0.3, -0.25) is 14.3 Å². The van der Waals surface area contributed by atoms with Crippen molar-refractivity contribution in [3.05, 3.63) is 0 Å². The van der Waals surface area contributed by atoms with Crippen molar-refractivity contribution >= 4 is 21.7 Å². The Labute approximate surface area is 120 Å². The van der Waals surface area contributed by atoms with Gasteiger partial charge in [0.1, 0.15) is 5.78 Å². The number of sulfonamides is 1. The molecule has 0 aromatic heterocycles. The number of Topliss-reactive ketones (excluding diaryl/α,β-unsaturated/α-hetero) is 1. The van der Waals surface area contributed by atoms with Crippen molar-refractivity contribution in [1.82, 2.24) is 4.72 Å². The first kappa shape index (κ1) is 15.5. The Hall–Kier alpha value is -0.910.